The molecule has 12 heteroatoms. The van der Waals surface area contributed by atoms with Crippen LogP contribution in [0.4, 0.5) is 17.6 Å². The minimum absolute atomic E-state index is 0.340. The second-order valence-corrected chi connectivity index (χ2v) is 7.74. The van der Waals surface area contributed by atoms with E-state index in [1.54, 1.807) is 16.8 Å². The average molecular weight is 435 g/mol. The summed E-state index contributed by atoms with van der Waals surface area (Å²) in [6, 6.07) is 2.90. The maximum Gasteiger partial charge on any atom is 0.453 e. The van der Waals surface area contributed by atoms with E-state index in [0.29, 0.717) is 35.8 Å². The van der Waals surface area contributed by atoms with Crippen LogP contribution in [0, 0.1) is 5.82 Å². The van der Waals surface area contributed by atoms with Gasteiger partial charge in [0.05, 0.1) is 23.6 Å². The molecule has 0 aromatic carbocycles. The minimum atomic E-state index is -4.74. The third-order valence-corrected chi connectivity index (χ3v) is 5.47. The summed E-state index contributed by atoms with van der Waals surface area (Å²) in [5, 5.41) is 10.4. The van der Waals surface area contributed by atoms with Crippen LogP contribution in [0.1, 0.15) is 59.1 Å². The van der Waals surface area contributed by atoms with Gasteiger partial charge in [0, 0.05) is 30.8 Å². The second-order valence-electron chi connectivity index (χ2n) is 7.74. The second kappa shape index (κ2) is 6.86. The monoisotopic (exact) mass is 435 g/mol. The molecule has 3 aromatic rings. The zero-order chi connectivity index (χ0) is 21.9. The Labute approximate surface area is 173 Å². The molecule has 162 valence electrons. The topological polar surface area (TPSA) is 90.5 Å². The molecule has 31 heavy (non-hydrogen) atoms. The standard InChI is InChI=1S/C19H17F4N7O/c1-29-16(26-18(28-29)19(21,22)23)17(31)25-12-4-5-30-15(12)7-14(27-30)10-6-13(9-2-3-9)24-8-11(10)20/h6-9,12H,2-5H2,1H3,(H,25,31)/t12-/m0/s1. The summed E-state index contributed by atoms with van der Waals surface area (Å²) in [5.74, 6) is -2.73. The van der Waals surface area contributed by atoms with Crippen molar-refractivity contribution in [3.63, 3.8) is 0 Å². The number of alkyl halides is 3. The van der Waals surface area contributed by atoms with Gasteiger partial charge in [0.15, 0.2) is 5.82 Å². The van der Waals surface area contributed by atoms with Crippen LogP contribution in [0.15, 0.2) is 18.3 Å². The fourth-order valence-electron chi connectivity index (χ4n) is 3.75. The van der Waals surface area contributed by atoms with Crippen LogP contribution in [-0.2, 0) is 19.8 Å². The number of carbonyl (C=O) groups excluding carboxylic acids is 1. The Morgan fingerprint density at radius 2 is 1.97 bits per heavy atom. The lowest BCUT2D eigenvalue weighted by molar-refractivity contribution is -0.144. The zero-order valence-electron chi connectivity index (χ0n) is 16.3. The first-order chi connectivity index (χ1) is 14.7. The lowest BCUT2D eigenvalue weighted by atomic mass is 10.1. The smallest absolute Gasteiger partial charge is 0.341 e. The van der Waals surface area contributed by atoms with E-state index >= 15 is 0 Å². The SMILES string of the molecule is Cn1nc(C(F)(F)F)nc1C(=O)N[C@H]1CCn2nc(-c3cc(C4CC4)ncc3F)cc21. The van der Waals surface area contributed by atoms with Gasteiger partial charge in [-0.2, -0.15) is 23.3 Å². The molecular formula is C19H17F4N7O. The number of carbonyl (C=O) groups is 1. The van der Waals surface area contributed by atoms with Gasteiger partial charge in [-0.15, -0.1) is 5.10 Å². The lowest BCUT2D eigenvalue weighted by Gasteiger charge is -2.11. The first kappa shape index (κ1) is 19.6. The molecule has 4 heterocycles. The third-order valence-electron chi connectivity index (χ3n) is 5.47. The van der Waals surface area contributed by atoms with Gasteiger partial charge in [-0.05, 0) is 31.4 Å². The quantitative estimate of drug-likeness (QED) is 0.637. The van der Waals surface area contributed by atoms with Crippen LogP contribution in [0.5, 0.6) is 0 Å². The largest absolute Gasteiger partial charge is 0.453 e. The van der Waals surface area contributed by atoms with Crippen molar-refractivity contribution in [2.75, 3.05) is 0 Å². The Hall–Kier alpha value is -3.31. The van der Waals surface area contributed by atoms with Crippen molar-refractivity contribution in [1.29, 1.82) is 0 Å². The van der Waals surface area contributed by atoms with Gasteiger partial charge in [0.25, 0.3) is 11.7 Å². The average Bonchev–Trinajstić information content (AvgIpc) is 3.18. The molecule has 5 rings (SSSR count). The van der Waals surface area contributed by atoms with Gasteiger partial charge in [0.2, 0.25) is 5.82 Å². The van der Waals surface area contributed by atoms with Crippen molar-refractivity contribution in [2.45, 2.75) is 43.9 Å². The molecule has 1 atom stereocenters. The molecule has 1 amide bonds. The van der Waals surface area contributed by atoms with Crippen LogP contribution in [0.25, 0.3) is 11.3 Å². The molecule has 0 bridgehead atoms. The van der Waals surface area contributed by atoms with Crippen molar-refractivity contribution >= 4 is 5.91 Å². The highest BCUT2D eigenvalue weighted by Crippen LogP contribution is 2.40. The number of hydrogen-bond acceptors (Lipinski definition) is 5. The maximum absolute atomic E-state index is 14.4. The van der Waals surface area contributed by atoms with Crippen LogP contribution in [-0.4, -0.2) is 35.4 Å². The summed E-state index contributed by atoms with van der Waals surface area (Å²) in [4.78, 5) is 20.0. The van der Waals surface area contributed by atoms with E-state index in [-0.39, 0.29) is 0 Å². The first-order valence-electron chi connectivity index (χ1n) is 9.73. The first-order valence-corrected chi connectivity index (χ1v) is 9.73. The number of pyridine rings is 1. The molecule has 1 fully saturated rings. The Balaban J connectivity index is 1.38. The van der Waals surface area contributed by atoms with E-state index in [2.05, 4.69) is 25.5 Å². The number of hydrogen-bond donors (Lipinski definition) is 1. The van der Waals surface area contributed by atoms with Gasteiger partial charge in [0.1, 0.15) is 0 Å². The Morgan fingerprint density at radius 1 is 1.19 bits per heavy atom. The van der Waals surface area contributed by atoms with Gasteiger partial charge in [-0.25, -0.2) is 9.07 Å². The van der Waals surface area contributed by atoms with E-state index in [1.807, 2.05) is 0 Å². The molecule has 0 radical (unpaired) electrons. The number of aryl methyl sites for hydroxylation is 2. The lowest BCUT2D eigenvalue weighted by Crippen LogP contribution is -2.29. The van der Waals surface area contributed by atoms with Gasteiger partial charge in [-0.3, -0.25) is 14.5 Å². The molecule has 0 saturated heterocycles. The molecule has 1 N–H and O–H groups in total. The summed E-state index contributed by atoms with van der Waals surface area (Å²) in [6.45, 7) is 0.481. The molecular weight excluding hydrogens is 418 g/mol. The third kappa shape index (κ3) is 3.55. The molecule has 0 unspecified atom stereocenters. The van der Waals surface area contributed by atoms with Crippen molar-refractivity contribution in [3.05, 3.63) is 47.2 Å². The number of amides is 1. The molecule has 0 spiro atoms. The van der Waals surface area contributed by atoms with E-state index in [4.69, 9.17) is 0 Å². The predicted molar refractivity (Wildman–Crippen MR) is 98.2 cm³/mol. The molecule has 2 aliphatic rings. The Kier molecular flexibility index (Phi) is 4.34. The van der Waals surface area contributed by atoms with E-state index < -0.39 is 35.6 Å². The van der Waals surface area contributed by atoms with Crippen molar-refractivity contribution in [2.24, 2.45) is 7.05 Å². The normalized spacial score (nSPS) is 18.3. The van der Waals surface area contributed by atoms with Crippen LogP contribution < -0.4 is 5.32 Å². The van der Waals surface area contributed by atoms with E-state index in [1.165, 1.54) is 13.2 Å². The van der Waals surface area contributed by atoms with E-state index in [0.717, 1.165) is 23.2 Å². The highest BCUT2D eigenvalue weighted by Gasteiger charge is 2.38. The number of fused-ring (bicyclic) bond motifs is 1. The maximum atomic E-state index is 14.4. The van der Waals surface area contributed by atoms with Crippen molar-refractivity contribution < 1.29 is 22.4 Å². The molecule has 3 aromatic heterocycles. The summed E-state index contributed by atoms with van der Waals surface area (Å²) in [5.41, 5.74) is 2.24. The fourth-order valence-corrected chi connectivity index (χ4v) is 3.75. The summed E-state index contributed by atoms with van der Waals surface area (Å²) < 4.78 is 55.3. The van der Waals surface area contributed by atoms with Gasteiger partial charge in [-0.1, -0.05) is 0 Å². The zero-order valence-corrected chi connectivity index (χ0v) is 16.3. The molecule has 1 aliphatic carbocycles. The minimum Gasteiger partial charge on any atom is -0.341 e. The van der Waals surface area contributed by atoms with Gasteiger partial charge >= 0.3 is 6.18 Å². The van der Waals surface area contributed by atoms with Crippen molar-refractivity contribution in [3.8, 4) is 11.3 Å². The fraction of sp³-hybridized carbons (Fsp3) is 0.421. The number of rotatable bonds is 4. The number of aromatic nitrogens is 6. The summed E-state index contributed by atoms with van der Waals surface area (Å²) >= 11 is 0. The molecule has 1 aliphatic heterocycles. The molecule has 1 saturated carbocycles. The van der Waals surface area contributed by atoms with Crippen LogP contribution in [0.3, 0.4) is 0 Å². The highest BCUT2D eigenvalue weighted by atomic mass is 19.4. The Bertz CT molecular complexity index is 1180. The van der Waals surface area contributed by atoms with Crippen molar-refractivity contribution in [1.82, 2.24) is 34.8 Å². The number of halogens is 4. The van der Waals surface area contributed by atoms with Crippen LogP contribution in [0.2, 0.25) is 0 Å². The highest BCUT2D eigenvalue weighted by molar-refractivity contribution is 5.91. The van der Waals surface area contributed by atoms with Crippen LogP contribution >= 0.6 is 0 Å². The Morgan fingerprint density at radius 3 is 2.65 bits per heavy atom. The van der Waals surface area contributed by atoms with E-state index in [9.17, 15) is 22.4 Å². The molecule has 8 nitrogen and oxygen atoms in total. The summed E-state index contributed by atoms with van der Waals surface area (Å²) in [6.07, 6.45) is -0.984. The number of nitrogens with zero attached hydrogens (tertiary/aromatic N) is 6. The number of nitrogens with one attached hydrogen (secondary N) is 1. The van der Waals surface area contributed by atoms with Gasteiger partial charge < -0.3 is 5.32 Å². The predicted octanol–water partition coefficient (Wildman–Crippen LogP) is 2.98. The summed E-state index contributed by atoms with van der Waals surface area (Å²) in [7, 11) is 1.22.